The minimum atomic E-state index is -0.249. The number of hydrogen-bond donors (Lipinski definition) is 0. The van der Waals surface area contributed by atoms with Crippen molar-refractivity contribution in [1.82, 2.24) is 15.0 Å². The Morgan fingerprint density at radius 2 is 1.59 bits per heavy atom. The van der Waals surface area contributed by atoms with Gasteiger partial charge in [0, 0.05) is 17.8 Å². The predicted molar refractivity (Wildman–Crippen MR) is 88.6 cm³/mol. The summed E-state index contributed by atoms with van der Waals surface area (Å²) in [7, 11) is 0. The lowest BCUT2D eigenvalue weighted by atomic mass is 9.84. The zero-order valence-corrected chi connectivity index (χ0v) is 13.1. The van der Waals surface area contributed by atoms with Crippen molar-refractivity contribution in [2.75, 3.05) is 0 Å². The van der Waals surface area contributed by atoms with Gasteiger partial charge in [0.2, 0.25) is 0 Å². The van der Waals surface area contributed by atoms with Crippen molar-refractivity contribution < 1.29 is 0 Å². The maximum atomic E-state index is 4.83. The molecule has 3 aromatic heterocycles. The quantitative estimate of drug-likeness (QED) is 0.726. The summed E-state index contributed by atoms with van der Waals surface area (Å²) >= 11 is 0. The van der Waals surface area contributed by atoms with Gasteiger partial charge in [0.1, 0.15) is 0 Å². The SMILES string of the molecule is Cc1ccnc(-c2cccc(C(C)(C)c3ccccn3)n2)c1. The molecule has 0 unspecified atom stereocenters. The van der Waals surface area contributed by atoms with Gasteiger partial charge in [-0.3, -0.25) is 15.0 Å². The van der Waals surface area contributed by atoms with Gasteiger partial charge in [0.15, 0.2) is 0 Å². The first-order chi connectivity index (χ1) is 10.6. The van der Waals surface area contributed by atoms with Crippen LogP contribution in [0.25, 0.3) is 11.4 Å². The molecule has 22 heavy (non-hydrogen) atoms. The minimum absolute atomic E-state index is 0.249. The van der Waals surface area contributed by atoms with E-state index in [4.69, 9.17) is 4.98 Å². The third kappa shape index (κ3) is 2.75. The minimum Gasteiger partial charge on any atom is -0.260 e. The summed E-state index contributed by atoms with van der Waals surface area (Å²) in [5.41, 5.74) is 4.73. The summed E-state index contributed by atoms with van der Waals surface area (Å²) in [6.45, 7) is 6.35. The highest BCUT2D eigenvalue weighted by Crippen LogP contribution is 2.29. The van der Waals surface area contributed by atoms with E-state index in [1.165, 1.54) is 5.56 Å². The molecule has 0 atom stereocenters. The fourth-order valence-electron chi connectivity index (χ4n) is 2.47. The van der Waals surface area contributed by atoms with Crippen molar-refractivity contribution in [3.63, 3.8) is 0 Å². The number of aryl methyl sites for hydroxylation is 1. The third-order valence-corrected chi connectivity index (χ3v) is 3.87. The van der Waals surface area contributed by atoms with Gasteiger partial charge in [0.25, 0.3) is 0 Å². The molecule has 3 aromatic rings. The highest BCUT2D eigenvalue weighted by atomic mass is 14.8. The molecule has 0 N–H and O–H groups in total. The van der Waals surface area contributed by atoms with Gasteiger partial charge < -0.3 is 0 Å². The van der Waals surface area contributed by atoms with E-state index in [1.54, 1.807) is 0 Å². The van der Waals surface area contributed by atoms with Gasteiger partial charge in [-0.05, 0) is 62.7 Å². The Morgan fingerprint density at radius 1 is 0.773 bits per heavy atom. The second kappa shape index (κ2) is 5.68. The fourth-order valence-corrected chi connectivity index (χ4v) is 2.47. The van der Waals surface area contributed by atoms with Crippen molar-refractivity contribution in [2.45, 2.75) is 26.2 Å². The van der Waals surface area contributed by atoms with Crippen LogP contribution in [-0.4, -0.2) is 15.0 Å². The largest absolute Gasteiger partial charge is 0.260 e. The van der Waals surface area contributed by atoms with Crippen LogP contribution in [0.3, 0.4) is 0 Å². The van der Waals surface area contributed by atoms with Crippen molar-refractivity contribution in [1.29, 1.82) is 0 Å². The third-order valence-electron chi connectivity index (χ3n) is 3.87. The summed E-state index contributed by atoms with van der Waals surface area (Å²) in [4.78, 5) is 13.7. The zero-order valence-electron chi connectivity index (χ0n) is 13.1. The standard InChI is InChI=1S/C19H19N3/c1-14-10-12-20-16(13-14)15-7-6-9-18(22-15)19(2,3)17-8-4-5-11-21-17/h4-13H,1-3H3. The summed E-state index contributed by atoms with van der Waals surface area (Å²) in [5, 5.41) is 0. The molecule has 0 saturated heterocycles. The van der Waals surface area contributed by atoms with Crippen LogP contribution >= 0.6 is 0 Å². The van der Waals surface area contributed by atoms with Gasteiger partial charge in [0.05, 0.1) is 22.8 Å². The molecule has 0 aliphatic heterocycles. The Kier molecular flexibility index (Phi) is 3.72. The maximum absolute atomic E-state index is 4.83. The molecular weight excluding hydrogens is 270 g/mol. The van der Waals surface area contributed by atoms with E-state index in [9.17, 15) is 0 Å². The molecule has 0 saturated carbocycles. The van der Waals surface area contributed by atoms with Crippen LogP contribution in [0.2, 0.25) is 0 Å². The van der Waals surface area contributed by atoms with Gasteiger partial charge in [-0.1, -0.05) is 12.1 Å². The van der Waals surface area contributed by atoms with Crippen molar-refractivity contribution in [2.24, 2.45) is 0 Å². The predicted octanol–water partition coefficient (Wildman–Crippen LogP) is 4.17. The monoisotopic (exact) mass is 289 g/mol. The molecule has 0 aliphatic rings. The second-order valence-corrected chi connectivity index (χ2v) is 5.97. The Bertz CT molecular complexity index is 779. The van der Waals surface area contributed by atoms with Crippen molar-refractivity contribution in [3.05, 3.63) is 77.9 Å². The normalized spacial score (nSPS) is 11.4. The molecule has 110 valence electrons. The summed E-state index contributed by atoms with van der Waals surface area (Å²) < 4.78 is 0. The summed E-state index contributed by atoms with van der Waals surface area (Å²) in [5.74, 6) is 0. The van der Waals surface area contributed by atoms with Gasteiger partial charge >= 0.3 is 0 Å². The van der Waals surface area contributed by atoms with Crippen molar-refractivity contribution >= 4 is 0 Å². The Balaban J connectivity index is 2.05. The molecule has 0 fully saturated rings. The van der Waals surface area contributed by atoms with Gasteiger partial charge in [-0.2, -0.15) is 0 Å². The van der Waals surface area contributed by atoms with E-state index in [0.717, 1.165) is 22.8 Å². The van der Waals surface area contributed by atoms with E-state index in [0.29, 0.717) is 0 Å². The zero-order chi connectivity index (χ0) is 15.6. The lowest BCUT2D eigenvalue weighted by Crippen LogP contribution is -2.22. The van der Waals surface area contributed by atoms with E-state index in [-0.39, 0.29) is 5.41 Å². The number of nitrogens with zero attached hydrogens (tertiary/aromatic N) is 3. The molecule has 0 bridgehead atoms. The second-order valence-electron chi connectivity index (χ2n) is 5.97. The topological polar surface area (TPSA) is 38.7 Å². The summed E-state index contributed by atoms with van der Waals surface area (Å²) in [6, 6.07) is 16.1. The molecule has 3 rings (SSSR count). The van der Waals surface area contributed by atoms with Crippen LogP contribution in [0.1, 0.15) is 30.8 Å². The molecule has 0 amide bonds. The first-order valence-electron chi connectivity index (χ1n) is 7.39. The number of hydrogen-bond acceptors (Lipinski definition) is 3. The number of aromatic nitrogens is 3. The van der Waals surface area contributed by atoms with Crippen LogP contribution in [0, 0.1) is 6.92 Å². The lowest BCUT2D eigenvalue weighted by molar-refractivity contribution is 0.596. The van der Waals surface area contributed by atoms with Crippen LogP contribution in [0.5, 0.6) is 0 Å². The average Bonchev–Trinajstić information content (AvgIpc) is 2.56. The molecule has 3 heteroatoms. The lowest BCUT2D eigenvalue weighted by Gasteiger charge is -2.23. The highest BCUT2D eigenvalue weighted by molar-refractivity contribution is 5.55. The molecule has 0 radical (unpaired) electrons. The molecule has 0 spiro atoms. The molecular formula is C19H19N3. The smallest absolute Gasteiger partial charge is 0.0889 e. The fraction of sp³-hybridized carbons (Fsp3) is 0.211. The maximum Gasteiger partial charge on any atom is 0.0889 e. The first kappa shape index (κ1) is 14.4. The Hall–Kier alpha value is -2.55. The van der Waals surface area contributed by atoms with E-state index >= 15 is 0 Å². The highest BCUT2D eigenvalue weighted by Gasteiger charge is 2.26. The molecule has 3 heterocycles. The number of pyridine rings is 3. The summed E-state index contributed by atoms with van der Waals surface area (Å²) in [6.07, 6.45) is 3.64. The Morgan fingerprint density at radius 3 is 2.32 bits per heavy atom. The van der Waals surface area contributed by atoms with Gasteiger partial charge in [-0.25, -0.2) is 0 Å². The first-order valence-corrected chi connectivity index (χ1v) is 7.39. The van der Waals surface area contributed by atoms with E-state index in [2.05, 4.69) is 36.8 Å². The van der Waals surface area contributed by atoms with E-state index < -0.39 is 0 Å². The molecule has 0 aliphatic carbocycles. The molecule has 3 nitrogen and oxygen atoms in total. The van der Waals surface area contributed by atoms with Crippen molar-refractivity contribution in [3.8, 4) is 11.4 Å². The van der Waals surface area contributed by atoms with Crippen LogP contribution in [0.15, 0.2) is 60.9 Å². The molecule has 0 aromatic carbocycles. The van der Waals surface area contributed by atoms with E-state index in [1.807, 2.05) is 54.9 Å². The number of rotatable bonds is 3. The van der Waals surface area contributed by atoms with Crippen LogP contribution < -0.4 is 0 Å². The average molecular weight is 289 g/mol. The van der Waals surface area contributed by atoms with Crippen LogP contribution in [-0.2, 0) is 5.41 Å². The Labute approximate surface area is 131 Å². The van der Waals surface area contributed by atoms with Gasteiger partial charge in [-0.15, -0.1) is 0 Å². The van der Waals surface area contributed by atoms with Crippen LogP contribution in [0.4, 0.5) is 0 Å².